The topological polar surface area (TPSA) is 18.5 Å². The number of quaternary nitrogens is 1. The molecule has 0 radical (unpaired) electrons. The zero-order valence-electron chi connectivity index (χ0n) is 11.3. The van der Waals surface area contributed by atoms with Crippen molar-refractivity contribution < 1.29 is 26.4 Å². The summed E-state index contributed by atoms with van der Waals surface area (Å²) in [7, 11) is 4.19. The van der Waals surface area contributed by atoms with Gasteiger partial charge in [0.25, 0.3) is 0 Å². The van der Waals surface area contributed by atoms with Crippen LogP contribution in [0.3, 0.4) is 0 Å². The molecule has 1 aromatic rings. The van der Waals surface area contributed by atoms with Crippen LogP contribution in [-0.4, -0.2) is 38.1 Å². The minimum Gasteiger partial charge on any atom is -1.00 e. The third kappa shape index (κ3) is 6.64. The summed E-state index contributed by atoms with van der Waals surface area (Å²) in [6, 6.07) is 9.69. The van der Waals surface area contributed by atoms with Crippen LogP contribution in [0.4, 0.5) is 0 Å². The first-order valence-electron chi connectivity index (χ1n) is 5.80. The molecule has 4 heteroatoms. The van der Waals surface area contributed by atoms with Crippen LogP contribution in [-0.2, 0) is 4.74 Å². The monoisotopic (exact) mass is 271 g/mol. The number of hydrogen-bond acceptors (Lipinski definition) is 2. The van der Waals surface area contributed by atoms with E-state index in [-0.39, 0.29) is 18.7 Å². The molecule has 18 heavy (non-hydrogen) atoms. The zero-order chi connectivity index (χ0) is 12.7. The molecular weight excluding hydrogens is 250 g/mol. The lowest BCUT2D eigenvalue weighted by molar-refractivity contribution is -0.905. The highest BCUT2D eigenvalue weighted by molar-refractivity contribution is 5.20. The number of halogens is 1. The van der Waals surface area contributed by atoms with Crippen LogP contribution in [0.25, 0.3) is 0 Å². The van der Waals surface area contributed by atoms with E-state index >= 15 is 0 Å². The van der Waals surface area contributed by atoms with Crippen molar-refractivity contribution in [3.63, 3.8) is 0 Å². The normalized spacial score (nSPS) is 12.4. The highest BCUT2D eigenvalue weighted by atomic mass is 35.5. The molecule has 0 saturated heterocycles. The molecule has 1 rings (SSSR count). The largest absolute Gasteiger partial charge is 1.00 e. The van der Waals surface area contributed by atoms with Gasteiger partial charge >= 0.3 is 0 Å². The smallest absolute Gasteiger partial charge is 0.202 e. The summed E-state index contributed by atoms with van der Waals surface area (Å²) in [5, 5.41) is 0. The molecule has 1 aromatic carbocycles. The average Bonchev–Trinajstić information content (AvgIpc) is 2.28. The first kappa shape index (κ1) is 17.0. The Morgan fingerprint density at radius 1 is 1.28 bits per heavy atom. The zero-order valence-corrected chi connectivity index (χ0v) is 12.1. The van der Waals surface area contributed by atoms with Gasteiger partial charge in [-0.2, -0.15) is 0 Å². The third-order valence-electron chi connectivity index (χ3n) is 2.33. The van der Waals surface area contributed by atoms with Gasteiger partial charge in [-0.15, -0.1) is 0 Å². The number of para-hydroxylation sites is 1. The Morgan fingerprint density at radius 3 is 2.44 bits per heavy atom. The summed E-state index contributed by atoms with van der Waals surface area (Å²) >= 11 is 0. The molecule has 0 aliphatic carbocycles. The summed E-state index contributed by atoms with van der Waals surface area (Å²) in [6.07, 6.45) is 1.64. The summed E-state index contributed by atoms with van der Waals surface area (Å²) in [4.78, 5) is 0. The molecule has 3 nitrogen and oxygen atoms in total. The van der Waals surface area contributed by atoms with Gasteiger partial charge in [0, 0.05) is 0 Å². The van der Waals surface area contributed by atoms with E-state index in [9.17, 15) is 0 Å². The fourth-order valence-electron chi connectivity index (χ4n) is 1.43. The lowest BCUT2D eigenvalue weighted by atomic mass is 10.3. The Morgan fingerprint density at radius 2 is 1.89 bits per heavy atom. The van der Waals surface area contributed by atoms with E-state index in [0.717, 1.165) is 16.8 Å². The van der Waals surface area contributed by atoms with Gasteiger partial charge in [-0.05, 0) is 25.1 Å². The van der Waals surface area contributed by atoms with E-state index in [1.54, 1.807) is 0 Å². The molecule has 0 bridgehead atoms. The summed E-state index contributed by atoms with van der Waals surface area (Å²) in [6.45, 7) is 7.11. The van der Waals surface area contributed by atoms with Crippen molar-refractivity contribution in [3.05, 3.63) is 43.0 Å². The SMILES string of the molecule is C=CC[N+](C)(C)COC(C)Oc1ccccc1.[Cl-]. The van der Waals surface area contributed by atoms with Crippen LogP contribution in [0.15, 0.2) is 43.0 Å². The quantitative estimate of drug-likeness (QED) is 0.384. The van der Waals surface area contributed by atoms with Gasteiger partial charge in [-0.25, -0.2) is 0 Å². The molecule has 0 N–H and O–H groups in total. The minimum atomic E-state index is -0.250. The fourth-order valence-corrected chi connectivity index (χ4v) is 1.43. The van der Waals surface area contributed by atoms with Gasteiger partial charge < -0.3 is 21.6 Å². The second-order valence-electron chi connectivity index (χ2n) is 4.70. The van der Waals surface area contributed by atoms with Crippen molar-refractivity contribution in [2.24, 2.45) is 0 Å². The maximum Gasteiger partial charge on any atom is 0.202 e. The van der Waals surface area contributed by atoms with Gasteiger partial charge in [0.15, 0.2) is 6.73 Å². The number of hydrogen-bond donors (Lipinski definition) is 0. The molecule has 0 saturated carbocycles. The van der Waals surface area contributed by atoms with E-state index in [1.807, 2.05) is 43.3 Å². The Hall–Kier alpha value is -1.03. The van der Waals surface area contributed by atoms with E-state index < -0.39 is 0 Å². The van der Waals surface area contributed by atoms with E-state index in [4.69, 9.17) is 9.47 Å². The van der Waals surface area contributed by atoms with Crippen molar-refractivity contribution in [1.29, 1.82) is 0 Å². The van der Waals surface area contributed by atoms with Gasteiger partial charge in [0.1, 0.15) is 5.75 Å². The van der Waals surface area contributed by atoms with Crippen molar-refractivity contribution in [3.8, 4) is 5.75 Å². The molecule has 0 aliphatic rings. The van der Waals surface area contributed by atoms with Crippen molar-refractivity contribution in [2.45, 2.75) is 13.2 Å². The molecule has 0 aliphatic heterocycles. The highest BCUT2D eigenvalue weighted by Crippen LogP contribution is 2.11. The maximum atomic E-state index is 5.67. The summed E-state index contributed by atoms with van der Waals surface area (Å²) < 4.78 is 12.0. The summed E-state index contributed by atoms with van der Waals surface area (Å²) in [5.74, 6) is 0.828. The van der Waals surface area contributed by atoms with Crippen molar-refractivity contribution in [1.82, 2.24) is 0 Å². The molecule has 0 fully saturated rings. The first-order valence-corrected chi connectivity index (χ1v) is 5.80. The van der Waals surface area contributed by atoms with Crippen LogP contribution >= 0.6 is 0 Å². The van der Waals surface area contributed by atoms with Crippen LogP contribution in [0.1, 0.15) is 6.92 Å². The summed E-state index contributed by atoms with van der Waals surface area (Å²) in [5.41, 5.74) is 0. The Balaban J connectivity index is 0.00000289. The Kier molecular flexibility index (Phi) is 7.67. The van der Waals surface area contributed by atoms with Crippen LogP contribution in [0.2, 0.25) is 0 Å². The lowest BCUT2D eigenvalue weighted by Gasteiger charge is -2.29. The van der Waals surface area contributed by atoms with Gasteiger partial charge in [-0.1, -0.05) is 24.8 Å². The maximum absolute atomic E-state index is 5.67. The molecular formula is C14H22ClNO2. The van der Waals surface area contributed by atoms with Crippen LogP contribution < -0.4 is 17.1 Å². The predicted octanol–water partition coefficient (Wildman–Crippen LogP) is -0.348. The molecule has 0 spiro atoms. The first-order chi connectivity index (χ1) is 8.03. The van der Waals surface area contributed by atoms with Gasteiger partial charge in [-0.3, -0.25) is 4.74 Å². The lowest BCUT2D eigenvalue weighted by Crippen LogP contribution is -3.00. The molecule has 1 unspecified atom stereocenters. The average molecular weight is 272 g/mol. The Labute approximate surface area is 116 Å². The van der Waals surface area contributed by atoms with Crippen molar-refractivity contribution in [2.75, 3.05) is 27.4 Å². The van der Waals surface area contributed by atoms with Gasteiger partial charge in [0.05, 0.1) is 20.6 Å². The predicted molar refractivity (Wildman–Crippen MR) is 69.7 cm³/mol. The second-order valence-corrected chi connectivity index (χ2v) is 4.70. The fraction of sp³-hybridized carbons (Fsp3) is 0.429. The van der Waals surface area contributed by atoms with E-state index in [0.29, 0.717) is 6.73 Å². The van der Waals surface area contributed by atoms with Gasteiger partial charge in [0.2, 0.25) is 6.29 Å². The number of nitrogens with zero attached hydrogens (tertiary/aromatic N) is 1. The molecule has 0 amide bonds. The molecule has 102 valence electrons. The molecule has 0 aromatic heterocycles. The molecule has 1 atom stereocenters. The Bertz CT molecular complexity index is 341. The van der Waals surface area contributed by atoms with Crippen molar-refractivity contribution >= 4 is 0 Å². The number of benzene rings is 1. The number of ether oxygens (including phenoxy) is 2. The molecule has 0 heterocycles. The van der Waals surface area contributed by atoms with E-state index in [1.165, 1.54) is 0 Å². The third-order valence-corrected chi connectivity index (χ3v) is 2.33. The number of rotatable bonds is 7. The highest BCUT2D eigenvalue weighted by Gasteiger charge is 2.15. The van der Waals surface area contributed by atoms with Crippen LogP contribution in [0, 0.1) is 0 Å². The second kappa shape index (κ2) is 8.14. The minimum absolute atomic E-state index is 0. The van der Waals surface area contributed by atoms with Crippen LogP contribution in [0.5, 0.6) is 5.75 Å². The number of likely N-dealkylation sites (N-methyl/N-ethyl adjacent to an activating group) is 1. The van der Waals surface area contributed by atoms with E-state index in [2.05, 4.69) is 20.7 Å². The standard InChI is InChI=1S/C14H22NO2.ClH/c1-5-11-15(3,4)12-16-13(2)17-14-9-7-6-8-10-14;/h5-10,13H,1,11-12H2,2-4H3;1H/q+1;/p-1.